The number of hydrogen-bond donors (Lipinski definition) is 2. The molecular weight excluding hydrogens is 255 g/mol. The number of carbonyl (C=O) groups is 1. The molecule has 1 aliphatic rings. The second kappa shape index (κ2) is 5.52. The van der Waals surface area contributed by atoms with Crippen LogP contribution in [0.3, 0.4) is 0 Å². The van der Waals surface area contributed by atoms with Crippen LogP contribution in [0, 0.1) is 17.7 Å². The van der Waals surface area contributed by atoms with Gasteiger partial charge in [0.05, 0.1) is 11.6 Å². The number of halogens is 1. The summed E-state index contributed by atoms with van der Waals surface area (Å²) in [6.07, 6.45) is 2.03. The first-order valence-electron chi connectivity index (χ1n) is 7.17. The summed E-state index contributed by atoms with van der Waals surface area (Å²) in [5, 5.41) is 3.03. The van der Waals surface area contributed by atoms with Crippen molar-refractivity contribution in [3.63, 3.8) is 0 Å². The van der Waals surface area contributed by atoms with Gasteiger partial charge in [0, 0.05) is 0 Å². The summed E-state index contributed by atoms with van der Waals surface area (Å²) in [6, 6.07) is 6.11. The van der Waals surface area contributed by atoms with Gasteiger partial charge in [-0.3, -0.25) is 4.79 Å². The van der Waals surface area contributed by atoms with Crippen LogP contribution in [0.5, 0.6) is 0 Å². The first-order valence-corrected chi connectivity index (χ1v) is 7.17. The van der Waals surface area contributed by atoms with Gasteiger partial charge in [0.25, 0.3) is 0 Å². The fourth-order valence-electron chi connectivity index (χ4n) is 2.47. The van der Waals surface area contributed by atoms with Crippen LogP contribution in [0.4, 0.5) is 4.39 Å². The number of nitrogens with two attached hydrogens (primary N) is 1. The first-order chi connectivity index (χ1) is 9.32. The summed E-state index contributed by atoms with van der Waals surface area (Å²) in [4.78, 5) is 12.4. The number of carbonyl (C=O) groups excluding carboxylic acids is 1. The molecule has 3 N–H and O–H groups in total. The normalized spacial score (nSPS) is 19.5. The molecule has 0 saturated heterocycles. The molecule has 110 valence electrons. The van der Waals surface area contributed by atoms with Gasteiger partial charge in [-0.1, -0.05) is 26.0 Å². The molecule has 0 aromatic heterocycles. The van der Waals surface area contributed by atoms with Crippen molar-refractivity contribution in [3.8, 4) is 0 Å². The van der Waals surface area contributed by atoms with E-state index in [-0.39, 0.29) is 29.6 Å². The molecule has 1 aromatic rings. The van der Waals surface area contributed by atoms with Gasteiger partial charge in [-0.05, 0) is 49.3 Å². The Labute approximate surface area is 119 Å². The minimum Gasteiger partial charge on any atom is -0.347 e. The summed E-state index contributed by atoms with van der Waals surface area (Å²) in [6.45, 7) is 5.85. The molecule has 0 heterocycles. The number of nitrogens with one attached hydrogen (secondary N) is 1. The average Bonchev–Trinajstić information content (AvgIpc) is 3.21. The maximum absolute atomic E-state index is 13.0. The van der Waals surface area contributed by atoms with Crippen molar-refractivity contribution < 1.29 is 9.18 Å². The summed E-state index contributed by atoms with van der Waals surface area (Å²) in [5.74, 6) is 0.0928. The van der Waals surface area contributed by atoms with E-state index < -0.39 is 5.54 Å². The molecule has 1 fully saturated rings. The molecular formula is C16H23FN2O. The van der Waals surface area contributed by atoms with Crippen molar-refractivity contribution in [2.75, 3.05) is 0 Å². The lowest BCUT2D eigenvalue weighted by molar-refractivity contribution is -0.127. The number of rotatable bonds is 5. The van der Waals surface area contributed by atoms with Gasteiger partial charge in [0.2, 0.25) is 5.91 Å². The van der Waals surface area contributed by atoms with Crippen LogP contribution in [-0.4, -0.2) is 11.4 Å². The molecule has 1 saturated carbocycles. The van der Waals surface area contributed by atoms with Crippen molar-refractivity contribution in [3.05, 3.63) is 35.6 Å². The van der Waals surface area contributed by atoms with E-state index in [1.165, 1.54) is 12.1 Å². The molecule has 2 unspecified atom stereocenters. The van der Waals surface area contributed by atoms with Gasteiger partial charge >= 0.3 is 0 Å². The quantitative estimate of drug-likeness (QED) is 0.870. The average molecular weight is 278 g/mol. The van der Waals surface area contributed by atoms with Crippen LogP contribution >= 0.6 is 0 Å². The highest BCUT2D eigenvalue weighted by atomic mass is 19.1. The third-order valence-electron chi connectivity index (χ3n) is 4.10. The molecule has 1 aromatic carbocycles. The molecule has 2 rings (SSSR count). The van der Waals surface area contributed by atoms with E-state index in [0.717, 1.165) is 18.4 Å². The van der Waals surface area contributed by atoms with E-state index in [1.54, 1.807) is 19.1 Å². The van der Waals surface area contributed by atoms with Crippen LogP contribution in [0.2, 0.25) is 0 Å². The van der Waals surface area contributed by atoms with Crippen molar-refractivity contribution in [1.29, 1.82) is 0 Å². The highest BCUT2D eigenvalue weighted by Gasteiger charge is 2.44. The SMILES string of the molecule is CC(C)C(NC(=O)C(C)(N)C1CC1)c1ccc(F)cc1. The van der Waals surface area contributed by atoms with Crippen molar-refractivity contribution in [2.45, 2.75) is 45.2 Å². The topological polar surface area (TPSA) is 55.1 Å². The van der Waals surface area contributed by atoms with E-state index in [4.69, 9.17) is 5.73 Å². The Hall–Kier alpha value is -1.42. The lowest BCUT2D eigenvalue weighted by Crippen LogP contribution is -2.54. The van der Waals surface area contributed by atoms with Gasteiger partial charge < -0.3 is 11.1 Å². The number of hydrogen-bond acceptors (Lipinski definition) is 2. The summed E-state index contributed by atoms with van der Waals surface area (Å²) in [7, 11) is 0. The summed E-state index contributed by atoms with van der Waals surface area (Å²) >= 11 is 0. The molecule has 1 aliphatic carbocycles. The van der Waals surface area contributed by atoms with Gasteiger partial charge in [0.15, 0.2) is 0 Å². The first kappa shape index (κ1) is 15.0. The minimum atomic E-state index is -0.812. The molecule has 0 aliphatic heterocycles. The monoisotopic (exact) mass is 278 g/mol. The lowest BCUT2D eigenvalue weighted by atomic mass is 9.92. The van der Waals surface area contributed by atoms with Crippen LogP contribution in [0.1, 0.15) is 45.2 Å². The Morgan fingerprint density at radius 1 is 1.35 bits per heavy atom. The Morgan fingerprint density at radius 2 is 1.90 bits per heavy atom. The maximum Gasteiger partial charge on any atom is 0.240 e. The van der Waals surface area contributed by atoms with Gasteiger partial charge in [-0.2, -0.15) is 0 Å². The summed E-state index contributed by atoms with van der Waals surface area (Å²) < 4.78 is 13.0. The molecule has 1 amide bonds. The fourth-order valence-corrected chi connectivity index (χ4v) is 2.47. The van der Waals surface area contributed by atoms with Crippen LogP contribution in [0.15, 0.2) is 24.3 Å². The largest absolute Gasteiger partial charge is 0.347 e. The third kappa shape index (κ3) is 3.18. The fraction of sp³-hybridized carbons (Fsp3) is 0.562. The second-order valence-corrected chi connectivity index (χ2v) is 6.30. The number of benzene rings is 1. The molecule has 0 radical (unpaired) electrons. The Balaban J connectivity index is 2.13. The van der Waals surface area contributed by atoms with Gasteiger partial charge in [-0.15, -0.1) is 0 Å². The number of amides is 1. The zero-order chi connectivity index (χ0) is 14.9. The van der Waals surface area contributed by atoms with Crippen LogP contribution < -0.4 is 11.1 Å². The Bertz CT molecular complexity index is 478. The zero-order valence-electron chi connectivity index (χ0n) is 12.3. The highest BCUT2D eigenvalue weighted by Crippen LogP contribution is 2.38. The third-order valence-corrected chi connectivity index (χ3v) is 4.10. The van der Waals surface area contributed by atoms with E-state index >= 15 is 0 Å². The van der Waals surface area contributed by atoms with E-state index in [1.807, 2.05) is 13.8 Å². The molecule has 0 bridgehead atoms. The molecule has 4 heteroatoms. The predicted octanol–water partition coefficient (Wildman–Crippen LogP) is 2.77. The van der Waals surface area contributed by atoms with Crippen molar-refractivity contribution >= 4 is 5.91 Å². The van der Waals surface area contributed by atoms with E-state index in [9.17, 15) is 9.18 Å². The summed E-state index contributed by atoms with van der Waals surface area (Å²) in [5.41, 5.74) is 6.24. The zero-order valence-corrected chi connectivity index (χ0v) is 12.3. The van der Waals surface area contributed by atoms with Crippen LogP contribution in [0.25, 0.3) is 0 Å². The predicted molar refractivity (Wildman–Crippen MR) is 77.4 cm³/mol. The maximum atomic E-state index is 13.0. The molecule has 0 spiro atoms. The van der Waals surface area contributed by atoms with Crippen molar-refractivity contribution in [1.82, 2.24) is 5.32 Å². The molecule has 20 heavy (non-hydrogen) atoms. The second-order valence-electron chi connectivity index (χ2n) is 6.30. The van der Waals surface area contributed by atoms with Crippen molar-refractivity contribution in [2.24, 2.45) is 17.6 Å². The smallest absolute Gasteiger partial charge is 0.240 e. The highest BCUT2D eigenvalue weighted by molar-refractivity contribution is 5.86. The standard InChI is InChI=1S/C16H23FN2O/c1-10(2)14(11-4-8-13(17)9-5-11)19-15(20)16(3,18)12-6-7-12/h4-5,8-10,12,14H,6-7,18H2,1-3H3,(H,19,20). The molecule has 2 atom stereocenters. The Kier molecular flexibility index (Phi) is 4.14. The van der Waals surface area contributed by atoms with Gasteiger partial charge in [-0.25, -0.2) is 4.39 Å². The van der Waals surface area contributed by atoms with Gasteiger partial charge in [0.1, 0.15) is 5.82 Å². The Morgan fingerprint density at radius 3 is 2.35 bits per heavy atom. The minimum absolute atomic E-state index is 0.122. The van der Waals surface area contributed by atoms with E-state index in [0.29, 0.717) is 0 Å². The van der Waals surface area contributed by atoms with E-state index in [2.05, 4.69) is 5.32 Å². The molecule has 3 nitrogen and oxygen atoms in total. The lowest BCUT2D eigenvalue weighted by Gasteiger charge is -2.29. The van der Waals surface area contributed by atoms with Crippen LogP contribution in [-0.2, 0) is 4.79 Å².